The van der Waals surface area contributed by atoms with E-state index >= 15 is 0 Å². The molecule has 0 spiro atoms. The van der Waals surface area contributed by atoms with Crippen molar-refractivity contribution in [3.8, 4) is 11.4 Å². The van der Waals surface area contributed by atoms with Gasteiger partial charge in [0.2, 0.25) is 0 Å². The lowest BCUT2D eigenvalue weighted by molar-refractivity contribution is -0.137. The van der Waals surface area contributed by atoms with Gasteiger partial charge in [-0.25, -0.2) is 9.78 Å². The van der Waals surface area contributed by atoms with E-state index in [2.05, 4.69) is 5.32 Å². The van der Waals surface area contributed by atoms with Gasteiger partial charge in [0.05, 0.1) is 35.3 Å². The molecule has 1 N–H and O–H groups in total. The molecule has 0 radical (unpaired) electrons. The molecule has 2 amide bonds. The summed E-state index contributed by atoms with van der Waals surface area (Å²) >= 11 is 0. The van der Waals surface area contributed by atoms with Crippen molar-refractivity contribution in [3.05, 3.63) is 94.0 Å². The van der Waals surface area contributed by atoms with Crippen molar-refractivity contribution in [2.75, 3.05) is 19.0 Å². The molecule has 0 aliphatic rings. The number of anilines is 1. The van der Waals surface area contributed by atoms with Gasteiger partial charge in [0, 0.05) is 12.2 Å². The zero-order valence-electron chi connectivity index (χ0n) is 23.5. The predicted molar refractivity (Wildman–Crippen MR) is 154 cm³/mol. The van der Waals surface area contributed by atoms with E-state index in [-0.39, 0.29) is 11.2 Å². The lowest BCUT2D eigenvalue weighted by Crippen LogP contribution is -2.40. The number of unbranched alkanes of at least 4 members (excludes halogenated alkanes) is 2. The van der Waals surface area contributed by atoms with Gasteiger partial charge < -0.3 is 15.0 Å². The maximum absolute atomic E-state index is 14.0. The highest BCUT2D eigenvalue weighted by atomic mass is 19.4. The minimum absolute atomic E-state index is 0.0155. The number of nitrogens with one attached hydrogen (secondary N) is 1. The van der Waals surface area contributed by atoms with Crippen LogP contribution in [-0.2, 0) is 6.18 Å². The molecule has 0 saturated carbocycles. The van der Waals surface area contributed by atoms with Crippen LogP contribution in [-0.4, -0.2) is 34.1 Å². The highest BCUT2D eigenvalue weighted by Crippen LogP contribution is 2.32. The van der Waals surface area contributed by atoms with E-state index in [9.17, 15) is 22.8 Å². The summed E-state index contributed by atoms with van der Waals surface area (Å²) in [5, 5.41) is 3.02. The number of amides is 2. The van der Waals surface area contributed by atoms with Crippen LogP contribution < -0.4 is 15.6 Å². The number of aromatic nitrogens is 2. The van der Waals surface area contributed by atoms with E-state index in [1.807, 2.05) is 26.0 Å². The van der Waals surface area contributed by atoms with Gasteiger partial charge in [0.25, 0.3) is 5.56 Å². The molecule has 7 nitrogen and oxygen atoms in total. The van der Waals surface area contributed by atoms with E-state index in [0.29, 0.717) is 41.1 Å². The maximum atomic E-state index is 14.0. The average molecular weight is 567 g/mol. The molecule has 41 heavy (non-hydrogen) atoms. The summed E-state index contributed by atoms with van der Waals surface area (Å²) < 4.78 is 47.0. The molecule has 4 rings (SSSR count). The number of aryl methyl sites for hydroxylation is 1. The monoisotopic (exact) mass is 566 g/mol. The van der Waals surface area contributed by atoms with Gasteiger partial charge in [-0.15, -0.1) is 0 Å². The van der Waals surface area contributed by atoms with Crippen LogP contribution in [0.5, 0.6) is 5.75 Å². The van der Waals surface area contributed by atoms with Crippen molar-refractivity contribution in [2.24, 2.45) is 0 Å². The molecule has 216 valence electrons. The summed E-state index contributed by atoms with van der Waals surface area (Å²) in [4.78, 5) is 33.9. The summed E-state index contributed by atoms with van der Waals surface area (Å²) in [5.41, 5.74) is 0.660. The van der Waals surface area contributed by atoms with E-state index in [1.165, 1.54) is 28.7 Å². The van der Waals surface area contributed by atoms with Crippen molar-refractivity contribution in [2.45, 2.75) is 52.3 Å². The Bertz CT molecular complexity index is 1600. The van der Waals surface area contributed by atoms with Gasteiger partial charge in [0.15, 0.2) is 0 Å². The first-order chi connectivity index (χ1) is 19.5. The first kappa shape index (κ1) is 29.6. The molecule has 0 fully saturated rings. The van der Waals surface area contributed by atoms with Crippen LogP contribution in [0.4, 0.5) is 23.7 Å². The third-order valence-corrected chi connectivity index (χ3v) is 6.92. The summed E-state index contributed by atoms with van der Waals surface area (Å²) in [5.74, 6) is 0.752. The van der Waals surface area contributed by atoms with E-state index in [0.717, 1.165) is 30.5 Å². The highest BCUT2D eigenvalue weighted by Gasteiger charge is 2.31. The molecule has 3 aromatic carbocycles. The number of urea groups is 1. The zero-order chi connectivity index (χ0) is 29.7. The fraction of sp³-hybridized carbons (Fsp3) is 0.323. The number of ether oxygens (including phenoxy) is 1. The number of rotatable bonds is 9. The number of hydrogen-bond donors (Lipinski definition) is 1. The Balaban J connectivity index is 1.84. The number of halogens is 3. The molecule has 0 saturated heterocycles. The molecular formula is C31H33F3N4O3. The van der Waals surface area contributed by atoms with Gasteiger partial charge in [-0.1, -0.05) is 44.0 Å². The van der Waals surface area contributed by atoms with Crippen LogP contribution >= 0.6 is 0 Å². The normalized spacial score (nSPS) is 12.3. The first-order valence-electron chi connectivity index (χ1n) is 13.5. The van der Waals surface area contributed by atoms with E-state index in [1.54, 1.807) is 37.3 Å². The number of para-hydroxylation sites is 1. The average Bonchev–Trinajstić information content (AvgIpc) is 2.94. The molecule has 1 atom stereocenters. The third-order valence-electron chi connectivity index (χ3n) is 6.92. The fourth-order valence-corrected chi connectivity index (χ4v) is 4.75. The highest BCUT2D eigenvalue weighted by molar-refractivity contribution is 5.89. The minimum Gasteiger partial charge on any atom is -0.495 e. The molecular weight excluding hydrogens is 533 g/mol. The first-order valence-corrected chi connectivity index (χ1v) is 13.5. The lowest BCUT2D eigenvalue weighted by Gasteiger charge is -2.31. The molecule has 10 heteroatoms. The van der Waals surface area contributed by atoms with Gasteiger partial charge >= 0.3 is 12.2 Å². The van der Waals surface area contributed by atoms with Crippen molar-refractivity contribution in [1.82, 2.24) is 14.5 Å². The molecule has 0 aliphatic heterocycles. The zero-order valence-corrected chi connectivity index (χ0v) is 23.5. The quantitative estimate of drug-likeness (QED) is 0.213. The third kappa shape index (κ3) is 6.53. The summed E-state index contributed by atoms with van der Waals surface area (Å²) in [6.07, 6.45) is -2.16. The number of methoxy groups -OCH3 is 1. The van der Waals surface area contributed by atoms with Gasteiger partial charge in [0.1, 0.15) is 11.6 Å². The number of carbonyl (C=O) groups is 1. The molecule has 1 heterocycles. The van der Waals surface area contributed by atoms with Gasteiger partial charge in [-0.2, -0.15) is 13.2 Å². The fourth-order valence-electron chi connectivity index (χ4n) is 4.75. The molecule has 1 unspecified atom stereocenters. The molecule has 1 aromatic heterocycles. The smallest absolute Gasteiger partial charge is 0.416 e. The van der Waals surface area contributed by atoms with Crippen LogP contribution in [0.3, 0.4) is 0 Å². The summed E-state index contributed by atoms with van der Waals surface area (Å²) in [6, 6.07) is 15.6. The maximum Gasteiger partial charge on any atom is 0.416 e. The number of benzene rings is 3. The van der Waals surface area contributed by atoms with E-state index in [4.69, 9.17) is 9.72 Å². The van der Waals surface area contributed by atoms with Crippen molar-refractivity contribution in [3.63, 3.8) is 0 Å². The number of carbonyl (C=O) groups excluding carboxylic acids is 1. The second-order valence-corrected chi connectivity index (χ2v) is 9.89. The molecule has 0 aliphatic carbocycles. The van der Waals surface area contributed by atoms with Crippen LogP contribution in [0.1, 0.15) is 56.1 Å². The Hall–Kier alpha value is -4.34. The van der Waals surface area contributed by atoms with Crippen LogP contribution in [0.2, 0.25) is 0 Å². The Morgan fingerprint density at radius 1 is 1.07 bits per heavy atom. The van der Waals surface area contributed by atoms with Gasteiger partial charge in [-0.05, 0) is 68.3 Å². The number of hydrogen-bond acceptors (Lipinski definition) is 4. The van der Waals surface area contributed by atoms with Crippen LogP contribution in [0, 0.1) is 6.92 Å². The van der Waals surface area contributed by atoms with Gasteiger partial charge in [-0.3, -0.25) is 9.36 Å². The second kappa shape index (κ2) is 12.4. The SMILES string of the molecule is CCCCCN(C(=O)Nc1cccc(C(F)(F)F)c1)C(C)c1nc2ccccc2c(=O)n1-c1cc(C)ccc1OC. The Labute approximate surface area is 236 Å². The number of alkyl halides is 3. The summed E-state index contributed by atoms with van der Waals surface area (Å²) in [7, 11) is 1.51. The lowest BCUT2D eigenvalue weighted by atomic mass is 10.1. The second-order valence-electron chi connectivity index (χ2n) is 9.89. The topological polar surface area (TPSA) is 76.5 Å². The van der Waals surface area contributed by atoms with Crippen molar-refractivity contribution in [1.29, 1.82) is 0 Å². The number of nitrogens with zero attached hydrogens (tertiary/aromatic N) is 3. The van der Waals surface area contributed by atoms with Crippen LogP contribution in [0.15, 0.2) is 71.5 Å². The number of fused-ring (bicyclic) bond motifs is 1. The molecule has 4 aromatic rings. The minimum atomic E-state index is -4.55. The van der Waals surface area contributed by atoms with Crippen molar-refractivity contribution < 1.29 is 22.7 Å². The Kier molecular flexibility index (Phi) is 9.00. The van der Waals surface area contributed by atoms with Crippen LogP contribution in [0.25, 0.3) is 16.6 Å². The Morgan fingerprint density at radius 2 is 1.83 bits per heavy atom. The Morgan fingerprint density at radius 3 is 2.54 bits per heavy atom. The largest absolute Gasteiger partial charge is 0.495 e. The summed E-state index contributed by atoms with van der Waals surface area (Å²) in [6.45, 7) is 5.98. The van der Waals surface area contributed by atoms with E-state index < -0.39 is 23.8 Å². The molecule has 0 bridgehead atoms. The predicted octanol–water partition coefficient (Wildman–Crippen LogP) is 7.51. The standard InChI is InChI=1S/C31H33F3N4O3/c1-5-6-9-17-37(30(40)35-23-12-10-11-22(19-23)31(32,33)34)21(3)28-36-25-14-8-7-13-24(25)29(39)38(28)26-18-20(2)15-16-27(26)41-4/h7-8,10-16,18-19,21H,5-6,9,17H2,1-4H3,(H,35,40). The van der Waals surface area contributed by atoms with Crippen molar-refractivity contribution >= 4 is 22.6 Å².